The van der Waals surface area contributed by atoms with Crippen molar-refractivity contribution in [1.82, 2.24) is 10.6 Å². The van der Waals surface area contributed by atoms with Crippen LogP contribution in [0.25, 0.3) is 10.4 Å². The maximum absolute atomic E-state index is 13.0. The Balaban J connectivity index is 1.49. The average Bonchev–Trinajstić information content (AvgIpc) is 3.21. The van der Waals surface area contributed by atoms with Crippen molar-refractivity contribution in [3.8, 4) is 16.5 Å². The molecule has 5 nitrogen and oxygen atoms in total. The van der Waals surface area contributed by atoms with Crippen LogP contribution in [0.15, 0.2) is 54.6 Å². The number of rotatable bonds is 6. The summed E-state index contributed by atoms with van der Waals surface area (Å²) < 4.78 is 0. The third-order valence-corrected chi connectivity index (χ3v) is 6.41. The predicted molar refractivity (Wildman–Crippen MR) is 122 cm³/mol. The van der Waals surface area contributed by atoms with Gasteiger partial charge in [-0.3, -0.25) is 4.79 Å². The molecule has 1 atom stereocenters. The summed E-state index contributed by atoms with van der Waals surface area (Å²) in [6, 6.07) is 20.3. The number of carbonyl (C=O) groups excluding carboxylic acids is 1. The summed E-state index contributed by atoms with van der Waals surface area (Å²) in [6.07, 6.45) is 0. The van der Waals surface area contributed by atoms with Crippen LogP contribution in [-0.4, -0.2) is 25.0 Å². The maximum Gasteiger partial charge on any atom is 0.252 e. The minimum atomic E-state index is -0.139. The Morgan fingerprint density at radius 3 is 2.73 bits per heavy atom. The van der Waals surface area contributed by atoms with Crippen LogP contribution in [0.3, 0.4) is 0 Å². The first kappa shape index (κ1) is 20.1. The highest BCUT2D eigenvalue weighted by molar-refractivity contribution is 7.16. The Morgan fingerprint density at radius 2 is 2.03 bits per heavy atom. The van der Waals surface area contributed by atoms with Gasteiger partial charge in [0, 0.05) is 29.2 Å². The van der Waals surface area contributed by atoms with E-state index in [1.54, 1.807) is 0 Å². The second-order valence-corrected chi connectivity index (χ2v) is 8.71. The van der Waals surface area contributed by atoms with Crippen LogP contribution in [0.2, 0.25) is 0 Å². The van der Waals surface area contributed by atoms with Crippen LogP contribution in [0.4, 0.5) is 5.69 Å². The van der Waals surface area contributed by atoms with Gasteiger partial charge in [-0.1, -0.05) is 24.3 Å². The van der Waals surface area contributed by atoms with Gasteiger partial charge in [0.05, 0.1) is 12.1 Å². The summed E-state index contributed by atoms with van der Waals surface area (Å²) in [7, 11) is 0. The van der Waals surface area contributed by atoms with Crippen LogP contribution in [0, 0.1) is 18.3 Å². The van der Waals surface area contributed by atoms with Gasteiger partial charge in [0.2, 0.25) is 0 Å². The smallest absolute Gasteiger partial charge is 0.252 e. The number of nitrogens with zero attached hydrogens (tertiary/aromatic N) is 1. The lowest BCUT2D eigenvalue weighted by Crippen LogP contribution is -2.51. The van der Waals surface area contributed by atoms with Crippen molar-refractivity contribution in [2.24, 2.45) is 0 Å². The van der Waals surface area contributed by atoms with Gasteiger partial charge >= 0.3 is 0 Å². The third-order valence-electron chi connectivity index (χ3n) is 5.37. The maximum atomic E-state index is 13.0. The SMILES string of the molecule is Cc1ccc(NC2CNC2)cc1C(=O)N[C@H](C)c1cccc(-c2ccc(C#N)s2)c1. The number of hydrogen-bond acceptors (Lipinski definition) is 5. The molecule has 0 unspecified atom stereocenters. The van der Waals surface area contributed by atoms with Gasteiger partial charge in [-0.2, -0.15) is 5.26 Å². The van der Waals surface area contributed by atoms with Gasteiger partial charge in [-0.25, -0.2) is 0 Å². The zero-order chi connectivity index (χ0) is 21.1. The molecule has 0 spiro atoms. The van der Waals surface area contributed by atoms with Crippen molar-refractivity contribution >= 4 is 22.9 Å². The Morgan fingerprint density at radius 1 is 1.20 bits per heavy atom. The number of carbonyl (C=O) groups is 1. The zero-order valence-corrected chi connectivity index (χ0v) is 17.8. The van der Waals surface area contributed by atoms with Crippen molar-refractivity contribution < 1.29 is 4.79 Å². The molecular weight excluding hydrogens is 392 g/mol. The van der Waals surface area contributed by atoms with Crippen LogP contribution < -0.4 is 16.0 Å². The molecule has 0 radical (unpaired) electrons. The van der Waals surface area contributed by atoms with Gasteiger partial charge < -0.3 is 16.0 Å². The van der Waals surface area contributed by atoms with Gasteiger partial charge in [-0.05, 0) is 60.9 Å². The first-order valence-electron chi connectivity index (χ1n) is 10.0. The topological polar surface area (TPSA) is 76.9 Å². The van der Waals surface area contributed by atoms with Crippen molar-refractivity contribution in [3.05, 3.63) is 76.2 Å². The summed E-state index contributed by atoms with van der Waals surface area (Å²) >= 11 is 1.47. The molecule has 1 amide bonds. The van der Waals surface area contributed by atoms with Crippen LogP contribution in [0.5, 0.6) is 0 Å². The fourth-order valence-corrected chi connectivity index (χ4v) is 4.25. The number of benzene rings is 2. The van der Waals surface area contributed by atoms with Crippen LogP contribution in [-0.2, 0) is 0 Å². The van der Waals surface area contributed by atoms with E-state index in [9.17, 15) is 4.79 Å². The molecule has 2 heterocycles. The zero-order valence-electron chi connectivity index (χ0n) is 17.0. The van der Waals surface area contributed by atoms with E-state index in [4.69, 9.17) is 5.26 Å². The minimum absolute atomic E-state index is 0.0799. The van der Waals surface area contributed by atoms with E-state index < -0.39 is 0 Å². The van der Waals surface area contributed by atoms with Crippen molar-refractivity contribution in [2.45, 2.75) is 25.9 Å². The molecule has 1 aromatic heterocycles. The molecule has 30 heavy (non-hydrogen) atoms. The Labute approximate surface area is 180 Å². The van der Waals surface area contributed by atoms with Crippen molar-refractivity contribution in [2.75, 3.05) is 18.4 Å². The number of anilines is 1. The van der Waals surface area contributed by atoms with Crippen molar-refractivity contribution in [1.29, 1.82) is 5.26 Å². The van der Waals surface area contributed by atoms with Gasteiger partial charge in [0.15, 0.2) is 0 Å². The minimum Gasteiger partial charge on any atom is -0.380 e. The normalized spacial score (nSPS) is 14.4. The molecule has 3 N–H and O–H groups in total. The highest BCUT2D eigenvalue weighted by Gasteiger charge is 2.18. The molecule has 1 aliphatic heterocycles. The van der Waals surface area contributed by atoms with Crippen LogP contribution >= 0.6 is 11.3 Å². The fourth-order valence-electron chi connectivity index (χ4n) is 3.45. The molecule has 0 aliphatic carbocycles. The van der Waals surface area contributed by atoms with E-state index in [1.807, 2.05) is 62.4 Å². The molecule has 6 heteroatoms. The van der Waals surface area contributed by atoms with Crippen molar-refractivity contribution in [3.63, 3.8) is 0 Å². The quantitative estimate of drug-likeness (QED) is 0.554. The lowest BCUT2D eigenvalue weighted by atomic mass is 10.0. The Bertz CT molecular complexity index is 1110. The number of nitriles is 1. The first-order valence-corrected chi connectivity index (χ1v) is 10.8. The highest BCUT2D eigenvalue weighted by Crippen LogP contribution is 2.29. The molecule has 0 saturated carbocycles. The van der Waals surface area contributed by atoms with E-state index in [0.717, 1.165) is 40.3 Å². The molecule has 1 aliphatic rings. The molecule has 152 valence electrons. The van der Waals surface area contributed by atoms with Gasteiger partial charge in [0.25, 0.3) is 5.91 Å². The lowest BCUT2D eigenvalue weighted by Gasteiger charge is -2.29. The average molecular weight is 417 g/mol. The summed E-state index contributed by atoms with van der Waals surface area (Å²) in [4.78, 5) is 14.7. The second-order valence-electron chi connectivity index (χ2n) is 7.63. The molecular formula is C24H24N4OS. The van der Waals surface area contributed by atoms with E-state index in [1.165, 1.54) is 11.3 Å². The molecule has 0 bridgehead atoms. The second kappa shape index (κ2) is 8.70. The molecule has 3 aromatic rings. The van der Waals surface area contributed by atoms with E-state index in [2.05, 4.69) is 28.1 Å². The number of thiophene rings is 1. The largest absolute Gasteiger partial charge is 0.380 e. The highest BCUT2D eigenvalue weighted by atomic mass is 32.1. The fraction of sp³-hybridized carbons (Fsp3) is 0.250. The Hall–Kier alpha value is -3.14. The number of nitrogens with one attached hydrogen (secondary N) is 3. The monoisotopic (exact) mass is 416 g/mol. The number of hydrogen-bond donors (Lipinski definition) is 3. The summed E-state index contributed by atoms with van der Waals surface area (Å²) in [5.74, 6) is -0.0799. The summed E-state index contributed by atoms with van der Waals surface area (Å²) in [5, 5.41) is 18.9. The number of aryl methyl sites for hydroxylation is 1. The molecule has 1 fully saturated rings. The van der Waals surface area contributed by atoms with Crippen LogP contribution in [0.1, 0.15) is 39.3 Å². The third kappa shape index (κ3) is 4.38. The van der Waals surface area contributed by atoms with E-state index in [-0.39, 0.29) is 11.9 Å². The molecule has 4 rings (SSSR count). The molecule has 2 aromatic carbocycles. The van der Waals surface area contributed by atoms with E-state index in [0.29, 0.717) is 16.5 Å². The standard InChI is InChI=1S/C24H24N4OS/c1-15-6-7-19(28-20-13-26-14-20)11-22(15)24(29)27-16(2)17-4-3-5-18(10-17)23-9-8-21(12-25)30-23/h3-11,16,20,26,28H,13-14H2,1-2H3,(H,27,29)/t16-/m1/s1. The summed E-state index contributed by atoms with van der Waals surface area (Å²) in [5.41, 5.74) is 4.69. The van der Waals surface area contributed by atoms with Gasteiger partial charge in [0.1, 0.15) is 10.9 Å². The number of amides is 1. The molecule has 1 saturated heterocycles. The Kier molecular flexibility index (Phi) is 5.84. The summed E-state index contributed by atoms with van der Waals surface area (Å²) in [6.45, 7) is 5.84. The predicted octanol–water partition coefficient (Wildman–Crippen LogP) is 4.47. The van der Waals surface area contributed by atoms with E-state index >= 15 is 0 Å². The first-order chi connectivity index (χ1) is 14.5. The lowest BCUT2D eigenvalue weighted by molar-refractivity contribution is 0.0939. The van der Waals surface area contributed by atoms with Gasteiger partial charge in [-0.15, -0.1) is 11.3 Å².